The van der Waals surface area contributed by atoms with Gasteiger partial charge in [-0.3, -0.25) is 4.55 Å². The summed E-state index contributed by atoms with van der Waals surface area (Å²) in [4.78, 5) is 0. The maximum atomic E-state index is 10.8. The molecule has 2 unspecified atom stereocenters. The molecule has 0 amide bonds. The maximum absolute atomic E-state index is 10.8. The zero-order chi connectivity index (χ0) is 20.8. The van der Waals surface area contributed by atoms with Gasteiger partial charge in [-0.15, -0.1) is 0 Å². The molecule has 28 heavy (non-hydrogen) atoms. The molecular formula is C22H34O5S. The number of hydrogen-bond acceptors (Lipinski definition) is 4. The smallest absolute Gasteiger partial charge is 0.300 e. The molecule has 158 valence electrons. The Kier molecular flexibility index (Phi) is 7.96. The number of aryl methyl sites for hydroxylation is 1. The van der Waals surface area contributed by atoms with E-state index in [2.05, 4.69) is 39.8 Å². The largest absolute Gasteiger partial charge is 0.483 e. The van der Waals surface area contributed by atoms with Crippen molar-refractivity contribution in [1.29, 1.82) is 0 Å². The van der Waals surface area contributed by atoms with Crippen molar-refractivity contribution in [2.24, 2.45) is 11.8 Å². The quantitative estimate of drug-likeness (QED) is 0.413. The van der Waals surface area contributed by atoms with Crippen LogP contribution in [0.3, 0.4) is 0 Å². The minimum atomic E-state index is -4.15. The lowest BCUT2D eigenvalue weighted by Crippen LogP contribution is -2.34. The predicted octanol–water partition coefficient (Wildman–Crippen LogP) is 5.40. The number of ether oxygens (including phenoxy) is 2. The van der Waals surface area contributed by atoms with Crippen molar-refractivity contribution < 1.29 is 22.4 Å². The molecule has 0 spiro atoms. The Balaban J connectivity index is 1.89. The lowest BCUT2D eigenvalue weighted by atomic mass is 9.91. The zero-order valence-corrected chi connectivity index (χ0v) is 18.3. The van der Waals surface area contributed by atoms with Crippen LogP contribution in [0.5, 0.6) is 11.5 Å². The van der Waals surface area contributed by atoms with Crippen molar-refractivity contribution in [2.75, 3.05) is 5.94 Å². The highest BCUT2D eigenvalue weighted by molar-refractivity contribution is 7.85. The van der Waals surface area contributed by atoms with Gasteiger partial charge < -0.3 is 9.47 Å². The highest BCUT2D eigenvalue weighted by Crippen LogP contribution is 2.36. The second-order valence-electron chi connectivity index (χ2n) is 8.60. The molecule has 0 radical (unpaired) electrons. The molecule has 1 aliphatic heterocycles. The molecule has 1 aromatic carbocycles. The van der Waals surface area contributed by atoms with Gasteiger partial charge in [-0.05, 0) is 67.9 Å². The molecule has 0 saturated carbocycles. The Morgan fingerprint density at radius 3 is 2.71 bits per heavy atom. The Hall–Kier alpha value is -1.53. The molecule has 0 aliphatic carbocycles. The van der Waals surface area contributed by atoms with Crippen LogP contribution in [0.1, 0.15) is 65.4 Å². The molecule has 1 aliphatic rings. The molecule has 1 N–H and O–H groups in total. The normalized spacial score (nSPS) is 20.8. The minimum absolute atomic E-state index is 0.332. The van der Waals surface area contributed by atoms with E-state index in [1.807, 2.05) is 0 Å². The zero-order valence-electron chi connectivity index (χ0n) is 17.5. The first-order valence-corrected chi connectivity index (χ1v) is 11.7. The van der Waals surface area contributed by atoms with Gasteiger partial charge >= 0.3 is 10.1 Å². The third-order valence-electron chi connectivity index (χ3n) is 5.13. The van der Waals surface area contributed by atoms with Crippen molar-refractivity contribution in [3.8, 4) is 11.5 Å². The minimum Gasteiger partial charge on any atom is -0.483 e. The van der Waals surface area contributed by atoms with Crippen molar-refractivity contribution >= 4 is 10.1 Å². The summed E-state index contributed by atoms with van der Waals surface area (Å²) >= 11 is 0. The van der Waals surface area contributed by atoms with E-state index in [0.29, 0.717) is 11.7 Å². The molecule has 2 atom stereocenters. The van der Waals surface area contributed by atoms with Gasteiger partial charge in [-0.25, -0.2) is 0 Å². The maximum Gasteiger partial charge on any atom is 0.300 e. The molecule has 1 heterocycles. The second-order valence-corrected chi connectivity index (χ2v) is 10.00. The van der Waals surface area contributed by atoms with E-state index in [1.54, 1.807) is 18.2 Å². The van der Waals surface area contributed by atoms with Crippen molar-refractivity contribution in [1.82, 2.24) is 0 Å². The van der Waals surface area contributed by atoms with Gasteiger partial charge in [0, 0.05) is 0 Å². The summed E-state index contributed by atoms with van der Waals surface area (Å²) in [6, 6.07) is 5.24. The second kappa shape index (κ2) is 9.79. The van der Waals surface area contributed by atoms with Crippen molar-refractivity contribution in [2.45, 2.75) is 71.8 Å². The molecular weight excluding hydrogens is 376 g/mol. The Morgan fingerprint density at radius 2 is 2.04 bits per heavy atom. The number of benzene rings is 1. The molecule has 0 fully saturated rings. The van der Waals surface area contributed by atoms with Gasteiger partial charge in [-0.2, -0.15) is 8.42 Å². The molecule has 0 bridgehead atoms. The lowest BCUT2D eigenvalue weighted by molar-refractivity contribution is 0.114. The summed E-state index contributed by atoms with van der Waals surface area (Å²) < 4.78 is 41.7. The number of hydrogen-bond donors (Lipinski definition) is 1. The van der Waals surface area contributed by atoms with Crippen LogP contribution in [-0.4, -0.2) is 24.5 Å². The Bertz CT molecular complexity index is 769. The van der Waals surface area contributed by atoms with Gasteiger partial charge in [0.05, 0.1) is 0 Å². The summed E-state index contributed by atoms with van der Waals surface area (Å²) in [5.74, 6) is 1.91. The molecule has 0 aromatic heterocycles. The van der Waals surface area contributed by atoms with Gasteiger partial charge in [-0.1, -0.05) is 46.1 Å². The first-order chi connectivity index (χ1) is 13.1. The highest BCUT2D eigenvalue weighted by Gasteiger charge is 2.29. The van der Waals surface area contributed by atoms with Crippen LogP contribution < -0.4 is 9.47 Å². The first kappa shape index (κ1) is 22.8. The van der Waals surface area contributed by atoms with E-state index in [4.69, 9.17) is 14.0 Å². The summed E-state index contributed by atoms with van der Waals surface area (Å²) in [5, 5.41) is 0. The number of rotatable bonds is 10. The van der Waals surface area contributed by atoms with Crippen molar-refractivity contribution in [3.63, 3.8) is 0 Å². The Labute approximate surface area is 169 Å². The van der Waals surface area contributed by atoms with E-state index in [1.165, 1.54) is 19.3 Å². The van der Waals surface area contributed by atoms with Crippen LogP contribution in [0.25, 0.3) is 0 Å². The van der Waals surface area contributed by atoms with Crippen molar-refractivity contribution in [3.05, 3.63) is 35.9 Å². The molecule has 5 nitrogen and oxygen atoms in total. The standard InChI is InChI=1S/C22H34O5S/c1-17(2)7-5-8-18(3)9-6-13-22(4)14-12-19-15-20(10-11-21(19)27-22)26-16-28(23,24)25/h6,10-11,13,15,17-18H,5,7-9,12,14,16H2,1-4H3,(H,23,24,25)/b13-6+. The summed E-state index contributed by atoms with van der Waals surface area (Å²) in [7, 11) is -4.15. The average molecular weight is 411 g/mol. The van der Waals surface area contributed by atoms with Gasteiger partial charge in [0.15, 0.2) is 0 Å². The van der Waals surface area contributed by atoms with Gasteiger partial charge in [0.1, 0.15) is 17.1 Å². The van der Waals surface area contributed by atoms with Gasteiger partial charge in [0.25, 0.3) is 0 Å². The average Bonchev–Trinajstić information content (AvgIpc) is 2.59. The van der Waals surface area contributed by atoms with Crippen LogP contribution in [0.15, 0.2) is 30.4 Å². The van der Waals surface area contributed by atoms with Crippen LogP contribution in [0.4, 0.5) is 0 Å². The monoisotopic (exact) mass is 410 g/mol. The first-order valence-electron chi connectivity index (χ1n) is 10.1. The molecule has 0 saturated heterocycles. The fraction of sp³-hybridized carbons (Fsp3) is 0.636. The van der Waals surface area contributed by atoms with Crippen LogP contribution in [-0.2, 0) is 16.5 Å². The summed E-state index contributed by atoms with van der Waals surface area (Å²) in [6.45, 7) is 8.94. The number of allylic oxidation sites excluding steroid dienone is 1. The fourth-order valence-corrected chi connectivity index (χ4v) is 3.71. The van der Waals surface area contributed by atoms with E-state index in [-0.39, 0.29) is 5.60 Å². The fourth-order valence-electron chi connectivity index (χ4n) is 3.43. The van der Waals surface area contributed by atoms with Crippen LogP contribution in [0, 0.1) is 11.8 Å². The van der Waals surface area contributed by atoms with Crippen LogP contribution >= 0.6 is 0 Å². The molecule has 1 aromatic rings. The molecule has 2 rings (SSSR count). The van der Waals surface area contributed by atoms with E-state index in [9.17, 15) is 8.42 Å². The third-order valence-corrected chi connectivity index (χ3v) is 5.54. The molecule has 6 heteroatoms. The predicted molar refractivity (Wildman–Crippen MR) is 112 cm³/mol. The SMILES string of the molecule is CC(C)CCCC(C)C/C=C/C1(C)CCc2cc(OCS(=O)(=O)O)ccc2O1. The van der Waals surface area contributed by atoms with Crippen LogP contribution in [0.2, 0.25) is 0 Å². The highest BCUT2D eigenvalue weighted by atomic mass is 32.2. The van der Waals surface area contributed by atoms with E-state index in [0.717, 1.165) is 36.5 Å². The number of fused-ring (bicyclic) bond motifs is 1. The topological polar surface area (TPSA) is 72.8 Å². The van der Waals surface area contributed by atoms with Gasteiger partial charge in [0.2, 0.25) is 5.94 Å². The Morgan fingerprint density at radius 1 is 1.29 bits per heavy atom. The lowest BCUT2D eigenvalue weighted by Gasteiger charge is -2.33. The van der Waals surface area contributed by atoms with E-state index < -0.39 is 16.1 Å². The summed E-state index contributed by atoms with van der Waals surface area (Å²) in [6.07, 6.45) is 11.0. The summed E-state index contributed by atoms with van der Waals surface area (Å²) in [5.41, 5.74) is 0.655. The third kappa shape index (κ3) is 7.84. The van der Waals surface area contributed by atoms with E-state index >= 15 is 0 Å².